The zero-order chi connectivity index (χ0) is 25.0. The van der Waals surface area contributed by atoms with Crippen molar-refractivity contribution in [1.29, 1.82) is 0 Å². The number of hydrogen-bond donors (Lipinski definition) is 3. The summed E-state index contributed by atoms with van der Waals surface area (Å²) in [4.78, 5) is 8.01. The van der Waals surface area contributed by atoms with Crippen LogP contribution in [-0.2, 0) is 21.5 Å². The van der Waals surface area contributed by atoms with Gasteiger partial charge in [0.2, 0.25) is 5.95 Å². The molecule has 186 valence electrons. The molecule has 0 spiro atoms. The Hall–Kier alpha value is -3.61. The molecule has 1 aliphatic heterocycles. The Morgan fingerprint density at radius 3 is 2.40 bits per heavy atom. The molecular weight excluding hydrogens is 472 g/mol. The van der Waals surface area contributed by atoms with E-state index in [0.29, 0.717) is 59.9 Å². The molecule has 11 nitrogen and oxygen atoms in total. The maximum atomic E-state index is 13.2. The summed E-state index contributed by atoms with van der Waals surface area (Å²) < 4.78 is 44.5. The third-order valence-corrected chi connectivity index (χ3v) is 6.81. The third-order valence-electron chi connectivity index (χ3n) is 5.42. The second-order valence-electron chi connectivity index (χ2n) is 7.89. The van der Waals surface area contributed by atoms with Crippen molar-refractivity contribution in [2.24, 2.45) is 0 Å². The van der Waals surface area contributed by atoms with E-state index in [2.05, 4.69) is 9.97 Å². The van der Waals surface area contributed by atoms with E-state index in [0.717, 1.165) is 0 Å². The van der Waals surface area contributed by atoms with E-state index in [1.807, 2.05) is 13.0 Å². The number of ether oxygens (including phenoxy) is 2. The fraction of sp³-hybridized carbons (Fsp3) is 0.304. The fourth-order valence-corrected chi connectivity index (χ4v) is 4.80. The van der Waals surface area contributed by atoms with Crippen LogP contribution in [0.1, 0.15) is 18.1 Å². The van der Waals surface area contributed by atoms with Crippen molar-refractivity contribution in [3.63, 3.8) is 0 Å². The van der Waals surface area contributed by atoms with Gasteiger partial charge in [0.25, 0.3) is 0 Å². The van der Waals surface area contributed by atoms with Gasteiger partial charge >= 0.3 is 10.3 Å². The molecule has 1 saturated heterocycles. The Kier molecular flexibility index (Phi) is 7.24. The lowest BCUT2D eigenvalue weighted by Gasteiger charge is -2.26. The number of nitrogens with two attached hydrogens (primary N) is 3. The molecule has 0 amide bonds. The second kappa shape index (κ2) is 10.3. The number of hydrogen-bond acceptors (Lipinski definition) is 10. The van der Waals surface area contributed by atoms with Crippen molar-refractivity contribution in [2.45, 2.75) is 13.3 Å². The van der Waals surface area contributed by atoms with Gasteiger partial charge in [-0.3, -0.25) is 0 Å². The van der Waals surface area contributed by atoms with E-state index in [4.69, 9.17) is 30.9 Å². The zero-order valence-corrected chi connectivity index (χ0v) is 20.1. The van der Waals surface area contributed by atoms with E-state index >= 15 is 0 Å². The molecule has 0 bridgehead atoms. The summed E-state index contributed by atoms with van der Waals surface area (Å²) >= 11 is 0. The Morgan fingerprint density at radius 2 is 1.74 bits per heavy atom. The smallest absolute Gasteiger partial charge is 0.385 e. The van der Waals surface area contributed by atoms with Crippen molar-refractivity contribution in [2.75, 3.05) is 50.1 Å². The number of benzene rings is 2. The summed E-state index contributed by atoms with van der Waals surface area (Å²) in [6.45, 7) is 3.21. The molecule has 0 atom stereocenters. The van der Waals surface area contributed by atoms with E-state index in [-0.39, 0.29) is 30.6 Å². The standard InChI is InChI=1S/C23H28N6O5S/c1-2-33-19-12-15(11-17-14-27-23(26)28-22(17)25)13-20(21(19)16-3-5-18(24)6-4-16)34-35(30,31)29-7-9-32-10-8-29/h3-6,12-14H,2,7-11,24H2,1H3,(H4,25,26,27,28). The van der Waals surface area contributed by atoms with Gasteiger partial charge in [0, 0.05) is 37.0 Å². The van der Waals surface area contributed by atoms with Crippen molar-refractivity contribution < 1.29 is 22.1 Å². The fourth-order valence-electron chi connectivity index (χ4n) is 3.74. The molecule has 1 fully saturated rings. The van der Waals surface area contributed by atoms with Crippen molar-refractivity contribution in [3.8, 4) is 22.6 Å². The maximum absolute atomic E-state index is 13.2. The first-order valence-corrected chi connectivity index (χ1v) is 12.4. The molecule has 0 unspecified atom stereocenters. The number of aromatic nitrogens is 2. The van der Waals surface area contributed by atoms with Gasteiger partial charge in [-0.2, -0.15) is 17.7 Å². The normalized spacial score (nSPS) is 14.5. The van der Waals surface area contributed by atoms with E-state index in [1.54, 1.807) is 30.3 Å². The molecule has 0 saturated carbocycles. The van der Waals surface area contributed by atoms with Crippen LogP contribution in [0.5, 0.6) is 11.5 Å². The maximum Gasteiger partial charge on any atom is 0.385 e. The van der Waals surface area contributed by atoms with Gasteiger partial charge in [-0.1, -0.05) is 12.1 Å². The van der Waals surface area contributed by atoms with E-state index in [9.17, 15) is 8.42 Å². The Balaban J connectivity index is 1.82. The predicted molar refractivity (Wildman–Crippen MR) is 133 cm³/mol. The summed E-state index contributed by atoms with van der Waals surface area (Å²) in [7, 11) is -4.10. The average molecular weight is 501 g/mol. The molecule has 35 heavy (non-hydrogen) atoms. The molecule has 2 heterocycles. The lowest BCUT2D eigenvalue weighted by Crippen LogP contribution is -2.42. The van der Waals surface area contributed by atoms with Crippen LogP contribution in [0.4, 0.5) is 17.5 Å². The lowest BCUT2D eigenvalue weighted by atomic mass is 9.98. The van der Waals surface area contributed by atoms with Crippen LogP contribution in [0.3, 0.4) is 0 Å². The van der Waals surface area contributed by atoms with Crippen molar-refractivity contribution >= 4 is 27.8 Å². The first-order chi connectivity index (χ1) is 16.8. The van der Waals surface area contributed by atoms with Crippen LogP contribution in [0.15, 0.2) is 42.6 Å². The molecule has 4 rings (SSSR count). The summed E-state index contributed by atoms with van der Waals surface area (Å²) in [6, 6.07) is 10.5. The predicted octanol–water partition coefficient (Wildman–Crippen LogP) is 1.84. The van der Waals surface area contributed by atoms with Gasteiger partial charge in [0.1, 0.15) is 11.6 Å². The van der Waals surface area contributed by atoms with Gasteiger partial charge in [-0.25, -0.2) is 4.98 Å². The van der Waals surface area contributed by atoms with Crippen LogP contribution in [-0.4, -0.2) is 55.6 Å². The van der Waals surface area contributed by atoms with Crippen LogP contribution < -0.4 is 26.1 Å². The Labute approximate surface area is 204 Å². The number of nitrogen functional groups attached to an aromatic ring is 3. The average Bonchev–Trinajstić information content (AvgIpc) is 2.82. The van der Waals surface area contributed by atoms with Gasteiger partial charge in [-0.15, -0.1) is 0 Å². The number of nitrogens with zero attached hydrogens (tertiary/aromatic N) is 3. The van der Waals surface area contributed by atoms with Gasteiger partial charge in [0.05, 0.1) is 25.4 Å². The van der Waals surface area contributed by atoms with Crippen molar-refractivity contribution in [3.05, 3.63) is 53.7 Å². The van der Waals surface area contributed by atoms with Gasteiger partial charge < -0.3 is 30.9 Å². The van der Waals surface area contributed by atoms with Crippen molar-refractivity contribution in [1.82, 2.24) is 14.3 Å². The topological polar surface area (TPSA) is 169 Å². The largest absolute Gasteiger partial charge is 0.493 e. The summed E-state index contributed by atoms with van der Waals surface area (Å²) in [5.74, 6) is 0.885. The summed E-state index contributed by atoms with van der Waals surface area (Å²) in [5.41, 5.74) is 20.6. The molecule has 2 aromatic carbocycles. The highest BCUT2D eigenvalue weighted by Crippen LogP contribution is 2.41. The number of anilines is 3. The quantitative estimate of drug-likeness (QED) is 0.388. The monoisotopic (exact) mass is 500 g/mol. The first kappa shape index (κ1) is 24.5. The third kappa shape index (κ3) is 5.73. The molecular formula is C23H28N6O5S. The van der Waals surface area contributed by atoms with Crippen LogP contribution in [0, 0.1) is 0 Å². The Morgan fingerprint density at radius 1 is 1.06 bits per heavy atom. The Bertz CT molecular complexity index is 1290. The highest BCUT2D eigenvalue weighted by molar-refractivity contribution is 7.84. The molecule has 6 N–H and O–H groups in total. The minimum Gasteiger partial charge on any atom is -0.493 e. The van der Waals surface area contributed by atoms with E-state index < -0.39 is 10.3 Å². The highest BCUT2D eigenvalue weighted by Gasteiger charge is 2.29. The lowest BCUT2D eigenvalue weighted by molar-refractivity contribution is 0.0698. The molecule has 3 aromatic rings. The second-order valence-corrected chi connectivity index (χ2v) is 9.43. The number of rotatable bonds is 8. The minimum atomic E-state index is -4.10. The molecule has 1 aliphatic rings. The molecule has 0 aliphatic carbocycles. The van der Waals surface area contributed by atoms with Gasteiger partial charge in [0.15, 0.2) is 5.75 Å². The molecule has 0 radical (unpaired) electrons. The van der Waals surface area contributed by atoms with Crippen LogP contribution in [0.2, 0.25) is 0 Å². The van der Waals surface area contributed by atoms with E-state index in [1.165, 1.54) is 10.5 Å². The molecule has 1 aromatic heterocycles. The van der Waals surface area contributed by atoms with Crippen LogP contribution in [0.25, 0.3) is 11.1 Å². The van der Waals surface area contributed by atoms with Crippen LogP contribution >= 0.6 is 0 Å². The first-order valence-electron chi connectivity index (χ1n) is 11.1. The highest BCUT2D eigenvalue weighted by atomic mass is 32.2. The number of morpholine rings is 1. The van der Waals surface area contributed by atoms with Gasteiger partial charge in [-0.05, 0) is 42.3 Å². The summed E-state index contributed by atoms with van der Waals surface area (Å²) in [6.07, 6.45) is 1.85. The zero-order valence-electron chi connectivity index (χ0n) is 19.3. The SMILES string of the molecule is CCOc1cc(Cc2cnc(N)nc2N)cc(OS(=O)(=O)N2CCOCC2)c1-c1ccc(N)cc1. The minimum absolute atomic E-state index is 0.0700. The molecule has 12 heteroatoms. The summed E-state index contributed by atoms with van der Waals surface area (Å²) in [5, 5.41) is 0.